The van der Waals surface area contributed by atoms with Crippen molar-refractivity contribution in [1.29, 1.82) is 0 Å². The number of benzene rings is 2. The summed E-state index contributed by atoms with van der Waals surface area (Å²) < 4.78 is 5.28. The summed E-state index contributed by atoms with van der Waals surface area (Å²) >= 11 is 0. The van der Waals surface area contributed by atoms with Gasteiger partial charge in [-0.25, -0.2) is 0 Å². The van der Waals surface area contributed by atoms with Crippen molar-refractivity contribution in [3.8, 4) is 0 Å². The van der Waals surface area contributed by atoms with Gasteiger partial charge in [0.1, 0.15) is 0 Å². The topological polar surface area (TPSA) is 58.6 Å². The molecule has 0 radical (unpaired) electrons. The summed E-state index contributed by atoms with van der Waals surface area (Å²) in [7, 11) is 1.50. The summed E-state index contributed by atoms with van der Waals surface area (Å²) in [5.41, 5.74) is 1.82. The molecule has 0 bridgehead atoms. The summed E-state index contributed by atoms with van der Waals surface area (Å²) in [6, 6.07) is 19.1. The number of hydrogen-bond acceptors (Lipinski definition) is 3. The number of aliphatic hydroxyl groups excluding tert-OH is 1. The number of amides is 1. The van der Waals surface area contributed by atoms with Crippen LogP contribution < -0.4 is 5.32 Å². The average Bonchev–Trinajstić information content (AvgIpc) is 2.68. The number of aliphatic hydroxyl groups is 1. The van der Waals surface area contributed by atoms with Crippen LogP contribution in [0.1, 0.15) is 24.2 Å². The zero-order chi connectivity index (χ0) is 18.8. The maximum atomic E-state index is 12.3. The van der Waals surface area contributed by atoms with E-state index in [1.165, 1.54) is 7.11 Å². The molecule has 0 aliphatic heterocycles. The van der Waals surface area contributed by atoms with Gasteiger partial charge in [0.25, 0.3) is 5.91 Å². The predicted octanol–water partition coefficient (Wildman–Crippen LogP) is 3.71. The first-order chi connectivity index (χ1) is 12.6. The van der Waals surface area contributed by atoms with E-state index in [1.54, 1.807) is 18.4 Å². The minimum Gasteiger partial charge on any atom is -0.388 e. The van der Waals surface area contributed by atoms with Crippen molar-refractivity contribution in [1.82, 2.24) is 5.32 Å². The quantitative estimate of drug-likeness (QED) is 0.762. The van der Waals surface area contributed by atoms with E-state index >= 15 is 0 Å². The van der Waals surface area contributed by atoms with E-state index in [2.05, 4.69) is 5.32 Å². The molecule has 0 fully saturated rings. The van der Waals surface area contributed by atoms with Gasteiger partial charge in [0, 0.05) is 19.2 Å². The first kappa shape index (κ1) is 19.6. The van der Waals surface area contributed by atoms with Crippen LogP contribution in [0.2, 0.25) is 0 Å². The van der Waals surface area contributed by atoms with Crippen LogP contribution in [0.4, 0.5) is 0 Å². The van der Waals surface area contributed by atoms with Gasteiger partial charge in [-0.1, -0.05) is 85.8 Å². The van der Waals surface area contributed by atoms with Gasteiger partial charge >= 0.3 is 0 Å². The van der Waals surface area contributed by atoms with Crippen LogP contribution in [0, 0.1) is 5.92 Å². The molecule has 136 valence electrons. The Kier molecular flexibility index (Phi) is 7.80. The zero-order valence-electron chi connectivity index (χ0n) is 15.1. The summed E-state index contributed by atoms with van der Waals surface area (Å²) in [5.74, 6) is -0.399. The van der Waals surface area contributed by atoms with Crippen LogP contribution in [0.15, 0.2) is 79.0 Å². The number of rotatable bonds is 8. The number of methoxy groups -OCH3 is 1. The normalized spacial score (nSPS) is 15.0. The van der Waals surface area contributed by atoms with Crippen molar-refractivity contribution in [2.24, 2.45) is 5.92 Å². The Hall–Kier alpha value is -2.69. The second kappa shape index (κ2) is 10.3. The van der Waals surface area contributed by atoms with Crippen LogP contribution in [-0.4, -0.2) is 24.2 Å². The lowest BCUT2D eigenvalue weighted by Gasteiger charge is -2.15. The second-order valence-electron chi connectivity index (χ2n) is 6.01. The van der Waals surface area contributed by atoms with Gasteiger partial charge in [-0.3, -0.25) is 4.79 Å². The predicted molar refractivity (Wildman–Crippen MR) is 104 cm³/mol. The van der Waals surface area contributed by atoms with Gasteiger partial charge in [0.15, 0.2) is 6.10 Å². The first-order valence-electron chi connectivity index (χ1n) is 8.58. The molecule has 2 aromatic carbocycles. The molecule has 0 aromatic heterocycles. The molecular formula is C22H25NO3. The molecule has 3 atom stereocenters. The number of ether oxygens (including phenoxy) is 1. The van der Waals surface area contributed by atoms with Gasteiger partial charge < -0.3 is 15.2 Å². The molecule has 26 heavy (non-hydrogen) atoms. The van der Waals surface area contributed by atoms with E-state index < -0.39 is 12.2 Å². The Morgan fingerprint density at radius 1 is 1.04 bits per heavy atom. The highest BCUT2D eigenvalue weighted by molar-refractivity contribution is 5.83. The van der Waals surface area contributed by atoms with Crippen molar-refractivity contribution in [2.45, 2.75) is 19.1 Å². The molecule has 2 rings (SSSR count). The highest BCUT2D eigenvalue weighted by Gasteiger charge is 2.18. The van der Waals surface area contributed by atoms with E-state index in [4.69, 9.17) is 4.74 Å². The third kappa shape index (κ3) is 5.99. The third-order valence-corrected chi connectivity index (χ3v) is 4.03. The number of nitrogens with one attached hydrogen (secondary N) is 1. The van der Waals surface area contributed by atoms with Crippen LogP contribution in [-0.2, 0) is 9.53 Å². The largest absolute Gasteiger partial charge is 0.388 e. The van der Waals surface area contributed by atoms with Crippen LogP contribution in [0.5, 0.6) is 0 Å². The second-order valence-corrected chi connectivity index (χ2v) is 6.01. The molecule has 2 N–H and O–H groups in total. The lowest BCUT2D eigenvalue weighted by atomic mass is 10.0. The van der Waals surface area contributed by atoms with Crippen LogP contribution in [0.25, 0.3) is 6.08 Å². The SMILES string of the molecule is COC(C(=O)N/C=C/[C@@H](C)[C@H](O)/C=C/c1ccccc1)c1ccccc1. The number of carbonyl (C=O) groups excluding carboxylic acids is 1. The zero-order valence-corrected chi connectivity index (χ0v) is 15.1. The standard InChI is InChI=1S/C22H25NO3/c1-17(20(24)14-13-18-9-5-3-6-10-18)15-16-23-22(25)21(26-2)19-11-7-4-8-12-19/h3-17,20-21,24H,1-2H3,(H,23,25)/b14-13+,16-15+/t17-,20-,21?/m1/s1. The summed E-state index contributed by atoms with van der Waals surface area (Å²) in [6.07, 6.45) is 5.63. The molecule has 0 heterocycles. The Balaban J connectivity index is 1.88. The fourth-order valence-electron chi connectivity index (χ4n) is 2.44. The van der Waals surface area contributed by atoms with Crippen molar-refractivity contribution in [3.05, 3.63) is 90.1 Å². The van der Waals surface area contributed by atoms with E-state index in [0.717, 1.165) is 11.1 Å². The van der Waals surface area contributed by atoms with Gasteiger partial charge in [-0.05, 0) is 11.1 Å². The highest BCUT2D eigenvalue weighted by Crippen LogP contribution is 2.16. The van der Waals surface area contributed by atoms with Crippen molar-refractivity contribution in [2.75, 3.05) is 7.11 Å². The summed E-state index contributed by atoms with van der Waals surface area (Å²) in [4.78, 5) is 12.3. The summed E-state index contributed by atoms with van der Waals surface area (Å²) in [6.45, 7) is 1.88. The van der Waals surface area contributed by atoms with Gasteiger partial charge in [0.05, 0.1) is 6.10 Å². The van der Waals surface area contributed by atoms with Gasteiger partial charge in [-0.15, -0.1) is 0 Å². The molecule has 2 aromatic rings. The molecule has 0 saturated carbocycles. The lowest BCUT2D eigenvalue weighted by Crippen LogP contribution is -2.26. The smallest absolute Gasteiger partial charge is 0.257 e. The molecule has 0 spiro atoms. The molecule has 1 amide bonds. The number of carbonyl (C=O) groups is 1. The molecule has 0 aliphatic rings. The Labute approximate surface area is 154 Å². The van der Waals surface area contributed by atoms with E-state index in [9.17, 15) is 9.90 Å². The lowest BCUT2D eigenvalue weighted by molar-refractivity contribution is -0.130. The Bertz CT molecular complexity index is 726. The molecule has 1 unspecified atom stereocenters. The molecule has 0 saturated heterocycles. The molecule has 4 heteroatoms. The van der Waals surface area contributed by atoms with E-state index in [0.29, 0.717) is 0 Å². The van der Waals surface area contributed by atoms with E-state index in [-0.39, 0.29) is 11.8 Å². The average molecular weight is 351 g/mol. The molecular weight excluding hydrogens is 326 g/mol. The molecule has 4 nitrogen and oxygen atoms in total. The van der Waals surface area contributed by atoms with Crippen LogP contribution >= 0.6 is 0 Å². The monoisotopic (exact) mass is 351 g/mol. The van der Waals surface area contributed by atoms with Crippen molar-refractivity contribution in [3.63, 3.8) is 0 Å². The van der Waals surface area contributed by atoms with E-state index in [1.807, 2.05) is 73.7 Å². The highest BCUT2D eigenvalue weighted by atomic mass is 16.5. The first-order valence-corrected chi connectivity index (χ1v) is 8.58. The number of hydrogen-bond donors (Lipinski definition) is 2. The Morgan fingerprint density at radius 2 is 1.65 bits per heavy atom. The maximum absolute atomic E-state index is 12.3. The fourth-order valence-corrected chi connectivity index (χ4v) is 2.44. The molecule has 0 aliphatic carbocycles. The van der Waals surface area contributed by atoms with Crippen LogP contribution in [0.3, 0.4) is 0 Å². The summed E-state index contributed by atoms with van der Waals surface area (Å²) in [5, 5.41) is 12.9. The maximum Gasteiger partial charge on any atom is 0.257 e. The third-order valence-electron chi connectivity index (χ3n) is 4.03. The fraction of sp³-hybridized carbons (Fsp3) is 0.227. The van der Waals surface area contributed by atoms with Crippen molar-refractivity contribution >= 4 is 12.0 Å². The minimum atomic E-state index is -0.668. The minimum absolute atomic E-state index is 0.145. The Morgan fingerprint density at radius 3 is 2.27 bits per heavy atom. The van der Waals surface area contributed by atoms with Gasteiger partial charge in [0.2, 0.25) is 0 Å². The van der Waals surface area contributed by atoms with Crippen molar-refractivity contribution < 1.29 is 14.6 Å². The van der Waals surface area contributed by atoms with Gasteiger partial charge in [-0.2, -0.15) is 0 Å².